The van der Waals surface area contributed by atoms with Crippen molar-refractivity contribution in [3.8, 4) is 0 Å². The van der Waals surface area contributed by atoms with Crippen molar-refractivity contribution in [1.82, 2.24) is 15.1 Å². The molecule has 27 heavy (non-hydrogen) atoms. The summed E-state index contributed by atoms with van der Waals surface area (Å²) in [6.07, 6.45) is 2.95. The van der Waals surface area contributed by atoms with Gasteiger partial charge in [0.2, 0.25) is 0 Å². The van der Waals surface area contributed by atoms with E-state index >= 15 is 0 Å². The Kier molecular flexibility index (Phi) is 5.21. The van der Waals surface area contributed by atoms with E-state index in [4.69, 9.17) is 11.6 Å². The summed E-state index contributed by atoms with van der Waals surface area (Å²) in [5.74, 6) is -0.0405. The monoisotopic (exact) mass is 403 g/mol. The summed E-state index contributed by atoms with van der Waals surface area (Å²) in [6.45, 7) is 2.54. The number of fused-ring (bicyclic) bond motifs is 1. The highest BCUT2D eigenvalue weighted by Crippen LogP contribution is 2.30. The number of aliphatic hydroxyl groups excluding tert-OH is 1. The number of hydrogen-bond acceptors (Lipinski definition) is 4. The van der Waals surface area contributed by atoms with E-state index in [2.05, 4.69) is 10.4 Å². The van der Waals surface area contributed by atoms with Crippen LogP contribution in [0.2, 0.25) is 5.02 Å². The van der Waals surface area contributed by atoms with Gasteiger partial charge in [0, 0.05) is 16.5 Å². The van der Waals surface area contributed by atoms with Crippen LogP contribution >= 0.6 is 22.9 Å². The molecule has 1 aliphatic carbocycles. The predicted molar refractivity (Wildman–Crippen MR) is 109 cm³/mol. The summed E-state index contributed by atoms with van der Waals surface area (Å²) in [5.41, 5.74) is 1.91. The average molecular weight is 404 g/mol. The highest BCUT2D eigenvalue weighted by molar-refractivity contribution is 7.20. The molecule has 2 aromatic heterocycles. The lowest BCUT2D eigenvalue weighted by molar-refractivity contribution is 0.0871. The molecule has 0 bridgehead atoms. The number of halogens is 1. The minimum absolute atomic E-state index is 0.0405. The Morgan fingerprint density at radius 2 is 2.07 bits per heavy atom. The van der Waals surface area contributed by atoms with Crippen molar-refractivity contribution in [1.29, 1.82) is 0 Å². The van der Waals surface area contributed by atoms with Gasteiger partial charge in [-0.05, 0) is 50.3 Å². The molecule has 7 heteroatoms. The second-order valence-corrected chi connectivity index (χ2v) is 8.58. The molecular weight excluding hydrogens is 382 g/mol. The highest BCUT2D eigenvalue weighted by Gasteiger charge is 2.23. The summed E-state index contributed by atoms with van der Waals surface area (Å²) < 4.78 is 1.92. The molecule has 2 heterocycles. The fourth-order valence-electron chi connectivity index (χ4n) is 3.60. The molecule has 0 spiro atoms. The summed E-state index contributed by atoms with van der Waals surface area (Å²) in [6, 6.07) is 9.81. The van der Waals surface area contributed by atoms with Crippen molar-refractivity contribution in [2.24, 2.45) is 0 Å². The second-order valence-electron chi connectivity index (χ2n) is 7.14. The van der Waals surface area contributed by atoms with E-state index in [1.807, 2.05) is 41.9 Å². The number of carbonyl (C=O) groups excluding carboxylic acids is 1. The van der Waals surface area contributed by atoms with Crippen LogP contribution in [0.3, 0.4) is 0 Å². The van der Waals surface area contributed by atoms with E-state index in [9.17, 15) is 9.90 Å². The van der Waals surface area contributed by atoms with Crippen LogP contribution in [-0.2, 0) is 6.54 Å². The van der Waals surface area contributed by atoms with E-state index in [1.165, 1.54) is 11.3 Å². The van der Waals surface area contributed by atoms with Crippen molar-refractivity contribution >= 4 is 39.1 Å². The van der Waals surface area contributed by atoms with Crippen molar-refractivity contribution in [3.63, 3.8) is 0 Å². The maximum atomic E-state index is 12.7. The molecule has 142 valence electrons. The van der Waals surface area contributed by atoms with Crippen LogP contribution in [0.4, 0.5) is 0 Å². The number of carbonyl (C=O) groups is 1. The zero-order valence-corrected chi connectivity index (χ0v) is 16.7. The number of rotatable bonds is 4. The zero-order chi connectivity index (χ0) is 19.0. The lowest BCUT2D eigenvalue weighted by Crippen LogP contribution is -2.38. The van der Waals surface area contributed by atoms with E-state index in [-0.39, 0.29) is 18.1 Å². The normalized spacial score (nSPS) is 20.1. The second kappa shape index (κ2) is 7.62. The van der Waals surface area contributed by atoms with Gasteiger partial charge in [-0.3, -0.25) is 9.48 Å². The van der Waals surface area contributed by atoms with Gasteiger partial charge < -0.3 is 10.4 Å². The molecular formula is C20H22ClN3O2S. The molecule has 1 saturated carbocycles. The largest absolute Gasteiger partial charge is 0.393 e. The molecule has 2 N–H and O–H groups in total. The molecule has 0 radical (unpaired) electrons. The molecule has 4 rings (SSSR count). The van der Waals surface area contributed by atoms with Crippen molar-refractivity contribution in [2.45, 2.75) is 51.3 Å². The number of benzene rings is 1. The number of thiophene rings is 1. The van der Waals surface area contributed by atoms with Gasteiger partial charge in [-0.25, -0.2) is 0 Å². The van der Waals surface area contributed by atoms with Crippen molar-refractivity contribution < 1.29 is 9.90 Å². The third-order valence-corrected chi connectivity index (χ3v) is 6.66. The van der Waals surface area contributed by atoms with Gasteiger partial charge in [-0.1, -0.05) is 29.8 Å². The van der Waals surface area contributed by atoms with E-state index < -0.39 is 0 Å². The summed E-state index contributed by atoms with van der Waals surface area (Å²) >= 11 is 7.75. The Labute approximate surface area is 167 Å². The first kappa shape index (κ1) is 18.5. The highest BCUT2D eigenvalue weighted by atomic mass is 35.5. The van der Waals surface area contributed by atoms with E-state index in [0.717, 1.165) is 47.2 Å². The molecule has 0 atom stereocenters. The topological polar surface area (TPSA) is 67.2 Å². The van der Waals surface area contributed by atoms with Crippen LogP contribution in [0.1, 0.15) is 46.6 Å². The predicted octanol–water partition coefficient (Wildman–Crippen LogP) is 4.14. The van der Waals surface area contributed by atoms with Crippen molar-refractivity contribution in [2.75, 3.05) is 0 Å². The standard InChI is InChI=1S/C20H22ClN3O2S/c1-12-16-10-18(19(26)22-14-6-8-15(25)9-7-14)27-20(16)24(23-12)11-13-4-2-3-5-17(13)21/h2-5,10,14-15,25H,6-9,11H2,1H3,(H,22,26). The molecule has 0 aliphatic heterocycles. The number of aryl methyl sites for hydroxylation is 1. The fraction of sp³-hybridized carbons (Fsp3) is 0.400. The van der Waals surface area contributed by atoms with Gasteiger partial charge in [-0.15, -0.1) is 11.3 Å². The molecule has 1 amide bonds. The minimum atomic E-state index is -0.221. The molecule has 5 nitrogen and oxygen atoms in total. The zero-order valence-electron chi connectivity index (χ0n) is 15.1. The number of hydrogen-bond donors (Lipinski definition) is 2. The summed E-state index contributed by atoms with van der Waals surface area (Å²) in [7, 11) is 0. The number of nitrogens with one attached hydrogen (secondary N) is 1. The number of aliphatic hydroxyl groups is 1. The van der Waals surface area contributed by atoms with Gasteiger partial charge >= 0.3 is 0 Å². The maximum absolute atomic E-state index is 12.7. The molecule has 0 saturated heterocycles. The molecule has 0 unspecified atom stereocenters. The van der Waals surface area contributed by atoms with Gasteiger partial charge in [0.15, 0.2) is 0 Å². The molecule has 1 fully saturated rings. The quantitative estimate of drug-likeness (QED) is 0.687. The number of nitrogens with zero attached hydrogens (tertiary/aromatic N) is 2. The van der Waals surface area contributed by atoms with Crippen LogP contribution in [0.5, 0.6) is 0 Å². The van der Waals surface area contributed by atoms with E-state index in [1.54, 1.807) is 0 Å². The maximum Gasteiger partial charge on any atom is 0.261 e. The lowest BCUT2D eigenvalue weighted by Gasteiger charge is -2.25. The minimum Gasteiger partial charge on any atom is -0.393 e. The van der Waals surface area contributed by atoms with Crippen LogP contribution in [-0.4, -0.2) is 32.9 Å². The lowest BCUT2D eigenvalue weighted by atomic mass is 9.93. The Morgan fingerprint density at radius 3 is 2.81 bits per heavy atom. The Balaban J connectivity index is 1.55. The smallest absolute Gasteiger partial charge is 0.261 e. The van der Waals surface area contributed by atoms with Crippen LogP contribution < -0.4 is 5.32 Å². The van der Waals surface area contributed by atoms with Crippen LogP contribution in [0.25, 0.3) is 10.2 Å². The van der Waals surface area contributed by atoms with Gasteiger partial charge in [0.1, 0.15) is 4.83 Å². The molecule has 1 aromatic carbocycles. The van der Waals surface area contributed by atoms with Crippen molar-refractivity contribution in [3.05, 3.63) is 51.5 Å². The van der Waals surface area contributed by atoms with Gasteiger partial charge in [-0.2, -0.15) is 5.10 Å². The van der Waals surface area contributed by atoms with Crippen LogP contribution in [0.15, 0.2) is 30.3 Å². The third-order valence-electron chi connectivity index (χ3n) is 5.14. The van der Waals surface area contributed by atoms with Crippen LogP contribution in [0, 0.1) is 6.92 Å². The Hall–Kier alpha value is -1.89. The average Bonchev–Trinajstić information content (AvgIpc) is 3.21. The summed E-state index contributed by atoms with van der Waals surface area (Å²) in [4.78, 5) is 14.4. The number of amides is 1. The van der Waals surface area contributed by atoms with E-state index in [0.29, 0.717) is 16.4 Å². The van der Waals surface area contributed by atoms with Gasteiger partial charge in [0.25, 0.3) is 5.91 Å². The number of aromatic nitrogens is 2. The summed E-state index contributed by atoms with van der Waals surface area (Å²) in [5, 5.41) is 19.1. The first-order valence-electron chi connectivity index (χ1n) is 9.20. The molecule has 1 aliphatic rings. The Bertz CT molecular complexity index is 973. The first-order chi connectivity index (χ1) is 13.0. The molecule has 3 aromatic rings. The SMILES string of the molecule is Cc1nn(Cc2ccccc2Cl)c2sc(C(=O)NC3CCC(O)CC3)cc12. The van der Waals surface area contributed by atoms with Gasteiger partial charge in [0.05, 0.1) is 23.2 Å². The Morgan fingerprint density at radius 1 is 1.33 bits per heavy atom. The fourth-order valence-corrected chi connectivity index (χ4v) is 4.86. The third kappa shape index (κ3) is 3.88. The first-order valence-corrected chi connectivity index (χ1v) is 10.4.